The molecule has 1 N–H and O–H groups in total. The normalized spacial score (nSPS) is 20.9. The Bertz CT molecular complexity index is 703. The van der Waals surface area contributed by atoms with Gasteiger partial charge in [-0.2, -0.15) is 9.97 Å². The van der Waals surface area contributed by atoms with Gasteiger partial charge in [-0.1, -0.05) is 25.7 Å². The van der Waals surface area contributed by atoms with E-state index >= 15 is 0 Å². The van der Waals surface area contributed by atoms with Crippen LogP contribution in [0.25, 0.3) is 11.2 Å². The van der Waals surface area contributed by atoms with Crippen molar-refractivity contribution in [1.82, 2.24) is 19.5 Å². The van der Waals surface area contributed by atoms with Crippen molar-refractivity contribution in [3.8, 4) is 0 Å². The first-order valence-corrected chi connectivity index (χ1v) is 9.73. The van der Waals surface area contributed by atoms with Gasteiger partial charge in [0.05, 0.1) is 6.33 Å². The van der Waals surface area contributed by atoms with Gasteiger partial charge >= 0.3 is 0 Å². The first-order chi connectivity index (χ1) is 11.7. The maximum atomic E-state index is 6.12. The summed E-state index contributed by atoms with van der Waals surface area (Å²) in [5, 5.41) is 3.87. The van der Waals surface area contributed by atoms with Gasteiger partial charge in [0, 0.05) is 12.6 Å². The molecular weight excluding hydrogens is 322 g/mol. The largest absolute Gasteiger partial charge is 0.365 e. The van der Waals surface area contributed by atoms with E-state index in [1.54, 1.807) is 0 Å². The number of anilines is 1. The summed E-state index contributed by atoms with van der Waals surface area (Å²) in [5.74, 6) is 2.32. The molecule has 2 saturated carbocycles. The Morgan fingerprint density at radius 2 is 1.96 bits per heavy atom. The van der Waals surface area contributed by atoms with Gasteiger partial charge in [0.1, 0.15) is 5.52 Å². The molecule has 24 heavy (non-hydrogen) atoms. The molecule has 2 fully saturated rings. The van der Waals surface area contributed by atoms with Crippen LogP contribution in [0.5, 0.6) is 0 Å². The van der Waals surface area contributed by atoms with E-state index in [4.69, 9.17) is 11.6 Å². The van der Waals surface area contributed by atoms with Gasteiger partial charge in [-0.25, -0.2) is 4.98 Å². The molecule has 2 aromatic heterocycles. The molecule has 2 aliphatic carbocycles. The summed E-state index contributed by atoms with van der Waals surface area (Å²) >= 11 is 6.12. The third kappa shape index (κ3) is 3.23. The van der Waals surface area contributed by atoms with E-state index in [9.17, 15) is 0 Å². The van der Waals surface area contributed by atoms with Crippen molar-refractivity contribution in [2.45, 2.75) is 70.9 Å². The highest BCUT2D eigenvalue weighted by molar-refractivity contribution is 6.28. The van der Waals surface area contributed by atoms with Gasteiger partial charge in [-0.05, 0) is 56.0 Å². The number of hydrogen-bond acceptors (Lipinski definition) is 4. The van der Waals surface area contributed by atoms with Crippen LogP contribution in [0.4, 0.5) is 5.82 Å². The first-order valence-electron chi connectivity index (χ1n) is 9.35. The maximum Gasteiger partial charge on any atom is 0.226 e. The van der Waals surface area contributed by atoms with Crippen molar-refractivity contribution in [2.24, 2.45) is 11.8 Å². The summed E-state index contributed by atoms with van der Waals surface area (Å²) < 4.78 is 2.23. The lowest BCUT2D eigenvalue weighted by atomic mass is 9.80. The van der Waals surface area contributed by atoms with E-state index in [1.807, 2.05) is 6.33 Å². The van der Waals surface area contributed by atoms with Gasteiger partial charge in [0.25, 0.3) is 0 Å². The van der Waals surface area contributed by atoms with Crippen LogP contribution in [-0.4, -0.2) is 25.6 Å². The molecule has 4 rings (SSSR count). The van der Waals surface area contributed by atoms with E-state index in [1.165, 1.54) is 51.4 Å². The number of halogens is 1. The minimum absolute atomic E-state index is 0.272. The quantitative estimate of drug-likeness (QED) is 0.799. The van der Waals surface area contributed by atoms with Crippen LogP contribution in [0.15, 0.2) is 6.33 Å². The Morgan fingerprint density at radius 3 is 2.67 bits per heavy atom. The van der Waals surface area contributed by atoms with Crippen molar-refractivity contribution < 1.29 is 0 Å². The molecule has 0 saturated heterocycles. The van der Waals surface area contributed by atoms with Gasteiger partial charge < -0.3 is 9.88 Å². The molecular formula is C18H26ClN5. The van der Waals surface area contributed by atoms with Crippen molar-refractivity contribution >= 4 is 28.6 Å². The SMILES string of the molecule is CC(Nc1nc(Cl)nc2ncn(CC3CCCCC3)c12)C1CCC1. The summed E-state index contributed by atoms with van der Waals surface area (Å²) in [6.07, 6.45) is 12.6. The van der Waals surface area contributed by atoms with Crippen LogP contribution in [0, 0.1) is 11.8 Å². The Morgan fingerprint density at radius 1 is 1.17 bits per heavy atom. The van der Waals surface area contributed by atoms with Crippen molar-refractivity contribution in [3.63, 3.8) is 0 Å². The Kier molecular flexibility index (Phi) is 4.61. The molecule has 0 spiro atoms. The summed E-state index contributed by atoms with van der Waals surface area (Å²) in [6.45, 7) is 3.25. The predicted molar refractivity (Wildman–Crippen MR) is 97.3 cm³/mol. The second-order valence-electron chi connectivity index (χ2n) is 7.54. The van der Waals surface area contributed by atoms with Crippen LogP contribution in [0.1, 0.15) is 58.3 Å². The molecule has 6 heteroatoms. The fourth-order valence-electron chi connectivity index (χ4n) is 4.11. The predicted octanol–water partition coefficient (Wildman–Crippen LogP) is 4.66. The van der Waals surface area contributed by atoms with Gasteiger partial charge in [-0.15, -0.1) is 0 Å². The summed E-state index contributed by atoms with van der Waals surface area (Å²) in [4.78, 5) is 13.3. The fourth-order valence-corrected chi connectivity index (χ4v) is 4.28. The smallest absolute Gasteiger partial charge is 0.226 e. The molecule has 5 nitrogen and oxygen atoms in total. The number of nitrogens with zero attached hydrogens (tertiary/aromatic N) is 4. The van der Waals surface area contributed by atoms with Gasteiger partial charge in [-0.3, -0.25) is 0 Å². The minimum atomic E-state index is 0.272. The number of rotatable bonds is 5. The Labute approximate surface area is 148 Å². The average Bonchev–Trinajstić information content (AvgIpc) is 2.89. The zero-order valence-corrected chi connectivity index (χ0v) is 15.1. The zero-order valence-electron chi connectivity index (χ0n) is 14.3. The molecule has 2 aromatic rings. The number of fused-ring (bicyclic) bond motifs is 1. The second kappa shape index (κ2) is 6.87. The van der Waals surface area contributed by atoms with Crippen molar-refractivity contribution in [3.05, 3.63) is 11.6 Å². The topological polar surface area (TPSA) is 55.6 Å². The third-order valence-electron chi connectivity index (χ3n) is 5.85. The summed E-state index contributed by atoms with van der Waals surface area (Å²) in [5.41, 5.74) is 1.71. The minimum Gasteiger partial charge on any atom is -0.365 e. The second-order valence-corrected chi connectivity index (χ2v) is 7.88. The first kappa shape index (κ1) is 16.1. The summed E-state index contributed by atoms with van der Waals surface area (Å²) in [7, 11) is 0. The molecule has 130 valence electrons. The molecule has 1 atom stereocenters. The fraction of sp³-hybridized carbons (Fsp3) is 0.722. The van der Waals surface area contributed by atoms with Crippen LogP contribution in [-0.2, 0) is 6.54 Å². The Hall–Kier alpha value is -1.36. The van der Waals surface area contributed by atoms with Crippen LogP contribution < -0.4 is 5.32 Å². The van der Waals surface area contributed by atoms with Crippen molar-refractivity contribution in [1.29, 1.82) is 0 Å². The van der Waals surface area contributed by atoms with Gasteiger partial charge in [0.2, 0.25) is 5.28 Å². The molecule has 0 aromatic carbocycles. The highest BCUT2D eigenvalue weighted by Gasteiger charge is 2.26. The van der Waals surface area contributed by atoms with E-state index in [2.05, 4.69) is 31.8 Å². The average molecular weight is 348 g/mol. The standard InChI is InChI=1S/C18H26ClN5/c1-12(14-8-5-9-14)21-17-15-16(22-18(19)23-17)20-11-24(15)10-13-6-3-2-4-7-13/h11-14H,2-10H2,1H3,(H,21,22,23). The molecule has 0 bridgehead atoms. The van der Waals surface area contributed by atoms with Crippen molar-refractivity contribution in [2.75, 3.05) is 5.32 Å². The highest BCUT2D eigenvalue weighted by atomic mass is 35.5. The number of imidazole rings is 1. The molecule has 0 aliphatic heterocycles. The van der Waals surface area contributed by atoms with E-state index in [-0.39, 0.29) is 5.28 Å². The van der Waals surface area contributed by atoms with E-state index in [0.29, 0.717) is 11.7 Å². The van der Waals surface area contributed by atoms with Crippen LogP contribution in [0.3, 0.4) is 0 Å². The molecule has 1 unspecified atom stereocenters. The third-order valence-corrected chi connectivity index (χ3v) is 6.01. The molecule has 0 radical (unpaired) electrons. The number of nitrogens with one attached hydrogen (secondary N) is 1. The molecule has 2 aliphatic rings. The monoisotopic (exact) mass is 347 g/mol. The van der Waals surface area contributed by atoms with Crippen LogP contribution in [0.2, 0.25) is 5.28 Å². The highest BCUT2D eigenvalue weighted by Crippen LogP contribution is 2.33. The number of aromatic nitrogens is 4. The molecule has 0 amide bonds. The lowest BCUT2D eigenvalue weighted by Gasteiger charge is -2.32. The van der Waals surface area contributed by atoms with E-state index < -0.39 is 0 Å². The number of hydrogen-bond donors (Lipinski definition) is 1. The van der Waals surface area contributed by atoms with Gasteiger partial charge in [0.15, 0.2) is 11.5 Å². The Balaban J connectivity index is 1.62. The summed E-state index contributed by atoms with van der Waals surface area (Å²) in [6, 6.07) is 0.408. The molecule has 2 heterocycles. The van der Waals surface area contributed by atoms with Crippen LogP contribution >= 0.6 is 11.6 Å². The zero-order chi connectivity index (χ0) is 16.5. The lowest BCUT2D eigenvalue weighted by Crippen LogP contribution is -2.31. The maximum absolute atomic E-state index is 6.12. The van der Waals surface area contributed by atoms with E-state index in [0.717, 1.165) is 29.7 Å². The lowest BCUT2D eigenvalue weighted by molar-refractivity contribution is 0.285.